The maximum atomic E-state index is 12.7. The number of carbonyl (C=O) groups excluding carboxylic acids is 1. The molecule has 4 aromatic rings. The summed E-state index contributed by atoms with van der Waals surface area (Å²) in [6, 6.07) is 9.52. The molecule has 6 nitrogen and oxygen atoms in total. The molecule has 2 aromatic carbocycles. The van der Waals surface area contributed by atoms with E-state index in [2.05, 4.69) is 5.32 Å². The van der Waals surface area contributed by atoms with Gasteiger partial charge in [0.15, 0.2) is 0 Å². The lowest BCUT2D eigenvalue weighted by molar-refractivity contribution is -0.121. The number of rotatable bonds is 6. The highest BCUT2D eigenvalue weighted by Crippen LogP contribution is 2.32. The van der Waals surface area contributed by atoms with Gasteiger partial charge in [-0.05, 0) is 62.1 Å². The first kappa shape index (κ1) is 20.7. The Hall–Kier alpha value is -3.54. The Morgan fingerprint density at radius 2 is 1.77 bits per heavy atom. The molecule has 2 heterocycles. The van der Waals surface area contributed by atoms with Crippen molar-refractivity contribution >= 4 is 27.8 Å². The summed E-state index contributed by atoms with van der Waals surface area (Å²) in [7, 11) is 1.61. The van der Waals surface area contributed by atoms with Gasteiger partial charge < -0.3 is 18.9 Å². The highest BCUT2D eigenvalue weighted by Gasteiger charge is 2.18. The molecule has 0 saturated heterocycles. The number of carbonyl (C=O) groups is 1. The number of furan rings is 1. The fourth-order valence-corrected chi connectivity index (χ4v) is 3.88. The lowest BCUT2D eigenvalue weighted by Crippen LogP contribution is -2.24. The number of amides is 1. The quantitative estimate of drug-likeness (QED) is 0.457. The average Bonchev–Trinajstić information content (AvgIpc) is 3.14. The van der Waals surface area contributed by atoms with E-state index in [0.29, 0.717) is 24.1 Å². The van der Waals surface area contributed by atoms with Gasteiger partial charge in [0, 0.05) is 34.9 Å². The zero-order valence-electron chi connectivity index (χ0n) is 18.1. The first-order valence-corrected chi connectivity index (χ1v) is 10.2. The number of ether oxygens (including phenoxy) is 1. The lowest BCUT2D eigenvalue weighted by Gasteiger charge is -2.10. The summed E-state index contributed by atoms with van der Waals surface area (Å²) >= 11 is 0. The Bertz CT molecular complexity index is 1330. The fraction of sp³-hybridized carbons (Fsp3) is 0.280. The van der Waals surface area contributed by atoms with Gasteiger partial charge in [-0.3, -0.25) is 4.79 Å². The molecular formula is C25H25NO5. The second-order valence-corrected chi connectivity index (χ2v) is 7.79. The van der Waals surface area contributed by atoms with Crippen LogP contribution in [0.1, 0.15) is 34.2 Å². The number of aryl methyl sites for hydroxylation is 3. The van der Waals surface area contributed by atoms with Crippen molar-refractivity contribution in [3.63, 3.8) is 0 Å². The van der Waals surface area contributed by atoms with Crippen molar-refractivity contribution in [1.29, 1.82) is 0 Å². The van der Waals surface area contributed by atoms with E-state index in [1.807, 2.05) is 51.1 Å². The molecule has 0 saturated carbocycles. The van der Waals surface area contributed by atoms with E-state index < -0.39 is 5.63 Å². The lowest BCUT2D eigenvalue weighted by atomic mass is 9.98. The predicted octanol–water partition coefficient (Wildman–Crippen LogP) is 4.72. The fourth-order valence-electron chi connectivity index (χ4n) is 3.88. The minimum absolute atomic E-state index is 0.118. The summed E-state index contributed by atoms with van der Waals surface area (Å²) in [5.41, 5.74) is 5.07. The van der Waals surface area contributed by atoms with Crippen molar-refractivity contribution in [1.82, 2.24) is 5.32 Å². The summed E-state index contributed by atoms with van der Waals surface area (Å²) in [5, 5.41) is 4.78. The Balaban J connectivity index is 1.52. The van der Waals surface area contributed by atoms with Gasteiger partial charge in [-0.15, -0.1) is 0 Å². The van der Waals surface area contributed by atoms with Gasteiger partial charge in [0.2, 0.25) is 5.91 Å². The number of benzene rings is 2. The summed E-state index contributed by atoms with van der Waals surface area (Å²) in [6.07, 6.45) is 2.23. The van der Waals surface area contributed by atoms with Crippen LogP contribution in [0.25, 0.3) is 21.9 Å². The van der Waals surface area contributed by atoms with Crippen molar-refractivity contribution in [3.05, 3.63) is 74.8 Å². The molecule has 160 valence electrons. The largest absolute Gasteiger partial charge is 0.497 e. The van der Waals surface area contributed by atoms with Crippen LogP contribution in [0.15, 0.2) is 50.2 Å². The molecule has 1 N–H and O–H groups in total. The molecule has 0 aliphatic carbocycles. The smallest absolute Gasteiger partial charge is 0.339 e. The molecule has 1 amide bonds. The van der Waals surface area contributed by atoms with E-state index >= 15 is 0 Å². The molecule has 31 heavy (non-hydrogen) atoms. The Labute approximate surface area is 179 Å². The topological polar surface area (TPSA) is 81.7 Å². The molecule has 0 spiro atoms. The Morgan fingerprint density at radius 3 is 2.48 bits per heavy atom. The van der Waals surface area contributed by atoms with Gasteiger partial charge in [0.1, 0.15) is 16.9 Å². The summed E-state index contributed by atoms with van der Waals surface area (Å²) in [6.45, 7) is 6.21. The van der Waals surface area contributed by atoms with Crippen molar-refractivity contribution in [3.8, 4) is 5.75 Å². The van der Waals surface area contributed by atoms with Crippen LogP contribution in [-0.2, 0) is 17.8 Å². The molecule has 0 bridgehead atoms. The van der Waals surface area contributed by atoms with Gasteiger partial charge in [-0.1, -0.05) is 12.1 Å². The normalized spacial score (nSPS) is 11.2. The van der Waals surface area contributed by atoms with Gasteiger partial charge in [-0.2, -0.15) is 0 Å². The van der Waals surface area contributed by atoms with Gasteiger partial charge in [0.05, 0.1) is 13.4 Å². The van der Waals surface area contributed by atoms with Crippen molar-refractivity contribution in [2.75, 3.05) is 7.11 Å². The molecule has 4 rings (SSSR count). The van der Waals surface area contributed by atoms with Crippen LogP contribution in [-0.4, -0.2) is 13.0 Å². The van der Waals surface area contributed by atoms with Crippen LogP contribution in [0.5, 0.6) is 5.75 Å². The summed E-state index contributed by atoms with van der Waals surface area (Å²) < 4.78 is 16.4. The van der Waals surface area contributed by atoms with Crippen LogP contribution >= 0.6 is 0 Å². The van der Waals surface area contributed by atoms with E-state index in [9.17, 15) is 9.59 Å². The third-order valence-corrected chi connectivity index (χ3v) is 5.79. The maximum Gasteiger partial charge on any atom is 0.339 e. The van der Waals surface area contributed by atoms with E-state index in [0.717, 1.165) is 44.4 Å². The highest BCUT2D eigenvalue weighted by atomic mass is 16.5. The minimum Gasteiger partial charge on any atom is -0.497 e. The second kappa shape index (κ2) is 8.30. The van der Waals surface area contributed by atoms with Crippen LogP contribution < -0.4 is 15.7 Å². The first-order valence-electron chi connectivity index (χ1n) is 10.2. The third-order valence-electron chi connectivity index (χ3n) is 5.79. The molecule has 6 heteroatoms. The summed E-state index contributed by atoms with van der Waals surface area (Å²) in [4.78, 5) is 25.0. The van der Waals surface area contributed by atoms with E-state index in [-0.39, 0.29) is 12.3 Å². The monoisotopic (exact) mass is 419 g/mol. The zero-order chi connectivity index (χ0) is 22.1. The zero-order valence-corrected chi connectivity index (χ0v) is 18.1. The van der Waals surface area contributed by atoms with Crippen LogP contribution in [0, 0.1) is 20.8 Å². The van der Waals surface area contributed by atoms with Crippen LogP contribution in [0.3, 0.4) is 0 Å². The predicted molar refractivity (Wildman–Crippen MR) is 120 cm³/mol. The number of methoxy groups -OCH3 is 1. The number of nitrogens with one attached hydrogen (secondary N) is 1. The number of hydrogen-bond donors (Lipinski definition) is 1. The number of fused-ring (bicyclic) bond motifs is 2. The minimum atomic E-state index is -0.404. The summed E-state index contributed by atoms with van der Waals surface area (Å²) in [5.74, 6) is 0.652. The van der Waals surface area contributed by atoms with E-state index in [1.54, 1.807) is 13.4 Å². The standard InChI is InChI=1S/C25H25NO5/c1-14-13-30-23-16(3)24-21(11-20(14)23)15(2)19(25(28)31-24)9-10-22(27)26-12-17-5-7-18(29-4)8-6-17/h5-8,11,13H,9-10,12H2,1-4H3,(H,26,27). The van der Waals surface area contributed by atoms with Gasteiger partial charge >= 0.3 is 5.63 Å². The highest BCUT2D eigenvalue weighted by molar-refractivity contribution is 5.99. The molecular weight excluding hydrogens is 394 g/mol. The molecule has 0 fully saturated rings. The van der Waals surface area contributed by atoms with Gasteiger partial charge in [0.25, 0.3) is 0 Å². The van der Waals surface area contributed by atoms with Crippen molar-refractivity contribution < 1.29 is 18.4 Å². The molecule has 2 aromatic heterocycles. The van der Waals surface area contributed by atoms with Crippen LogP contribution in [0.4, 0.5) is 0 Å². The second-order valence-electron chi connectivity index (χ2n) is 7.79. The molecule has 0 radical (unpaired) electrons. The van der Waals surface area contributed by atoms with Crippen molar-refractivity contribution in [2.24, 2.45) is 0 Å². The molecule has 0 atom stereocenters. The average molecular weight is 419 g/mol. The molecule has 0 unspecified atom stereocenters. The first-order chi connectivity index (χ1) is 14.9. The molecule has 0 aliphatic rings. The van der Waals surface area contributed by atoms with Crippen LogP contribution in [0.2, 0.25) is 0 Å². The third kappa shape index (κ3) is 3.93. The SMILES string of the molecule is COc1ccc(CNC(=O)CCc2c(C)c3cc4c(C)coc4c(C)c3oc2=O)cc1. The van der Waals surface area contributed by atoms with Crippen molar-refractivity contribution in [2.45, 2.75) is 40.2 Å². The van der Waals surface area contributed by atoms with E-state index in [1.165, 1.54) is 0 Å². The molecule has 0 aliphatic heterocycles. The Morgan fingerprint density at radius 1 is 1.03 bits per heavy atom. The Kier molecular flexibility index (Phi) is 5.55. The van der Waals surface area contributed by atoms with Gasteiger partial charge in [-0.25, -0.2) is 4.79 Å². The number of hydrogen-bond acceptors (Lipinski definition) is 5. The van der Waals surface area contributed by atoms with E-state index in [4.69, 9.17) is 13.6 Å². The maximum absolute atomic E-state index is 12.7.